The smallest absolute Gasteiger partial charge is 0.412 e. The highest BCUT2D eigenvalue weighted by molar-refractivity contribution is 6.77. The molecular formula is C52H88ClNO8Si5. The molecule has 0 saturated heterocycles. The Morgan fingerprint density at radius 3 is 1.36 bits per heavy atom. The van der Waals surface area contributed by atoms with E-state index in [1.807, 2.05) is 24.3 Å². The molecule has 3 aromatic rings. The Bertz CT molecular complexity index is 2190. The normalized spacial score (nSPS) is 16.9. The van der Waals surface area contributed by atoms with Crippen LogP contribution < -0.4 is 32.2 Å². The number of hydrogen-bond acceptors (Lipinski definition) is 8. The van der Waals surface area contributed by atoms with Gasteiger partial charge in [0.2, 0.25) is 16.6 Å². The van der Waals surface area contributed by atoms with Crippen molar-refractivity contribution in [3.05, 3.63) is 64.7 Å². The van der Waals surface area contributed by atoms with Gasteiger partial charge in [-0.3, -0.25) is 5.32 Å². The molecule has 1 aliphatic rings. The number of halogens is 1. The Morgan fingerprint density at radius 2 is 0.940 bits per heavy atom. The van der Waals surface area contributed by atoms with Gasteiger partial charge in [0.15, 0.2) is 11.9 Å². The van der Waals surface area contributed by atoms with Crippen molar-refractivity contribution in [2.24, 2.45) is 0 Å². The van der Waals surface area contributed by atoms with Gasteiger partial charge in [0, 0.05) is 40.4 Å². The van der Waals surface area contributed by atoms with Gasteiger partial charge in [-0.1, -0.05) is 115 Å². The van der Waals surface area contributed by atoms with Gasteiger partial charge in [-0.25, -0.2) is 4.79 Å². The average molecular weight is 1030 g/mol. The summed E-state index contributed by atoms with van der Waals surface area (Å²) >= 11 is 6.22. The molecular weight excluding hydrogens is 942 g/mol. The highest BCUT2D eigenvalue weighted by Gasteiger charge is 2.48. The molecule has 1 N–H and O–H groups in total. The summed E-state index contributed by atoms with van der Waals surface area (Å²) < 4.78 is 50.2. The number of amides is 1. The Balaban J connectivity index is 2.11. The van der Waals surface area contributed by atoms with Crippen LogP contribution in [0.4, 0.5) is 10.5 Å². The molecule has 0 aromatic heterocycles. The Hall–Kier alpha value is -2.90. The third-order valence-corrected chi connectivity index (χ3v) is 37.7. The van der Waals surface area contributed by atoms with E-state index in [0.29, 0.717) is 51.6 Å². The first kappa shape index (κ1) is 56.7. The van der Waals surface area contributed by atoms with Gasteiger partial charge >= 0.3 is 6.09 Å². The zero-order valence-corrected chi connectivity index (χ0v) is 51.9. The van der Waals surface area contributed by atoms with Crippen LogP contribution in [0.25, 0.3) is 0 Å². The molecule has 0 spiro atoms. The molecule has 2 atom stereocenters. The van der Waals surface area contributed by atoms with E-state index in [-0.39, 0.29) is 25.2 Å². The molecule has 0 fully saturated rings. The van der Waals surface area contributed by atoms with Crippen molar-refractivity contribution in [1.82, 2.24) is 0 Å². The average Bonchev–Trinajstić information content (AvgIpc) is 3.11. The topological polar surface area (TPSA) is 93.7 Å². The summed E-state index contributed by atoms with van der Waals surface area (Å²) in [5, 5.41) is 2.96. The third kappa shape index (κ3) is 13.3. The van der Waals surface area contributed by atoms with Crippen LogP contribution in [0.1, 0.15) is 121 Å². The fraction of sp³-hybridized carbons (Fsp3) is 0.635. The van der Waals surface area contributed by atoms with Gasteiger partial charge in [-0.05, 0) is 127 Å². The lowest BCUT2D eigenvalue weighted by atomic mass is 9.93. The summed E-state index contributed by atoms with van der Waals surface area (Å²) in [7, 11) is -12.2. The minimum absolute atomic E-state index is 0.0571. The van der Waals surface area contributed by atoms with Crippen LogP contribution in [-0.4, -0.2) is 53.8 Å². The van der Waals surface area contributed by atoms with Crippen LogP contribution in [0.2, 0.25) is 95.7 Å². The predicted molar refractivity (Wildman–Crippen MR) is 294 cm³/mol. The van der Waals surface area contributed by atoms with Crippen LogP contribution in [-0.2, 0) is 11.2 Å². The minimum Gasteiger partial charge on any atom is -0.543 e. The number of carbonyl (C=O) groups is 1. The molecule has 15 heteroatoms. The highest BCUT2D eigenvalue weighted by Crippen LogP contribution is 2.53. The first-order valence-corrected chi connectivity index (χ1v) is 39.0. The van der Waals surface area contributed by atoms with Crippen molar-refractivity contribution < 1.29 is 36.4 Å². The first-order valence-electron chi connectivity index (χ1n) is 24.1. The van der Waals surface area contributed by atoms with E-state index in [0.717, 1.165) is 11.1 Å². The molecule has 0 saturated carbocycles. The number of rotatable bonds is 13. The molecule has 376 valence electrons. The maximum absolute atomic E-state index is 14.1. The number of ether oxygens (including phenoxy) is 2. The zero-order valence-electron chi connectivity index (χ0n) is 46.1. The fourth-order valence-corrected chi connectivity index (χ4v) is 11.1. The molecule has 0 unspecified atom stereocenters. The van der Waals surface area contributed by atoms with Crippen molar-refractivity contribution in [3.63, 3.8) is 0 Å². The number of benzene rings is 3. The third-order valence-electron chi connectivity index (χ3n) is 15.7. The van der Waals surface area contributed by atoms with E-state index in [9.17, 15) is 4.79 Å². The summed E-state index contributed by atoms with van der Waals surface area (Å²) in [5.74, 6) is 3.84. The standard InChI is InChI=1S/C52H88ClNO8Si5/c1-48(2,3)63(16,17)58-38-32-40-39(41(33-38)59-64(18,19)49(4,5)6)34-42(57-47(55)54-37-28-26-36(53)27-29-37)45(56-40)35-30-43(60-65(20,21)50(7,8)9)46(62-67(24,25)52(13,14)15)44(31-35)61-66(22,23)51(10,11)12/h26-33,42,45H,34H2,1-25H3,(H,54,55)/t42-,45-/m1/s1. The summed E-state index contributed by atoms with van der Waals surface area (Å²) in [4.78, 5) is 14.1. The maximum Gasteiger partial charge on any atom is 0.412 e. The van der Waals surface area contributed by atoms with Gasteiger partial charge in [0.1, 0.15) is 34.9 Å². The lowest BCUT2D eigenvalue weighted by Gasteiger charge is -2.42. The van der Waals surface area contributed by atoms with Crippen LogP contribution in [0.15, 0.2) is 48.5 Å². The number of hydrogen-bond donors (Lipinski definition) is 1. The minimum atomic E-state index is -2.51. The largest absolute Gasteiger partial charge is 0.543 e. The van der Waals surface area contributed by atoms with Crippen molar-refractivity contribution in [2.45, 2.75) is 213 Å². The lowest BCUT2D eigenvalue weighted by Crippen LogP contribution is -2.47. The van der Waals surface area contributed by atoms with Crippen molar-refractivity contribution in [1.29, 1.82) is 0 Å². The van der Waals surface area contributed by atoms with Crippen LogP contribution in [0.3, 0.4) is 0 Å². The van der Waals surface area contributed by atoms with Gasteiger partial charge < -0.3 is 31.6 Å². The maximum atomic E-state index is 14.1. The Morgan fingerprint density at radius 1 is 0.552 bits per heavy atom. The summed E-state index contributed by atoms with van der Waals surface area (Å²) in [6, 6.07) is 15.1. The molecule has 3 aromatic carbocycles. The second kappa shape index (κ2) is 19.0. The molecule has 9 nitrogen and oxygen atoms in total. The molecule has 1 aliphatic heterocycles. The van der Waals surface area contributed by atoms with E-state index in [1.165, 1.54) is 0 Å². The van der Waals surface area contributed by atoms with E-state index < -0.39 is 59.9 Å². The van der Waals surface area contributed by atoms with E-state index >= 15 is 0 Å². The van der Waals surface area contributed by atoms with Crippen LogP contribution >= 0.6 is 11.6 Å². The number of fused-ring (bicyclic) bond motifs is 1. The fourth-order valence-electron chi connectivity index (χ4n) is 5.93. The predicted octanol–water partition coefficient (Wildman–Crippen LogP) is 17.6. The first-order chi connectivity index (χ1) is 29.9. The molecule has 0 radical (unpaired) electrons. The molecule has 1 heterocycles. The number of nitrogens with one attached hydrogen (secondary N) is 1. The second-order valence-electron chi connectivity index (χ2n) is 26.4. The summed E-state index contributed by atoms with van der Waals surface area (Å²) in [6.45, 7) is 56.0. The molecule has 0 bridgehead atoms. The molecule has 67 heavy (non-hydrogen) atoms. The van der Waals surface area contributed by atoms with Crippen LogP contribution in [0.5, 0.6) is 34.5 Å². The van der Waals surface area contributed by atoms with Gasteiger partial charge in [-0.2, -0.15) is 0 Å². The Labute approximate surface area is 416 Å². The van der Waals surface area contributed by atoms with Crippen molar-refractivity contribution in [2.75, 3.05) is 5.32 Å². The van der Waals surface area contributed by atoms with E-state index in [2.05, 4.69) is 175 Å². The lowest BCUT2D eigenvalue weighted by molar-refractivity contribution is 0.00820. The number of carbonyl (C=O) groups excluding carboxylic acids is 1. The molecule has 0 aliphatic carbocycles. The number of anilines is 1. The monoisotopic (exact) mass is 1030 g/mol. The van der Waals surface area contributed by atoms with Gasteiger partial charge in [0.25, 0.3) is 25.0 Å². The Kier molecular flexibility index (Phi) is 16.1. The van der Waals surface area contributed by atoms with Crippen molar-refractivity contribution in [3.8, 4) is 34.5 Å². The van der Waals surface area contributed by atoms with Crippen molar-refractivity contribution >= 4 is 65.0 Å². The second-order valence-corrected chi connectivity index (χ2v) is 50.4. The molecule has 1 amide bonds. The van der Waals surface area contributed by atoms with Crippen LogP contribution in [0, 0.1) is 0 Å². The summed E-state index contributed by atoms with van der Waals surface area (Å²) in [5.41, 5.74) is 2.11. The summed E-state index contributed by atoms with van der Waals surface area (Å²) in [6.07, 6.45) is -1.94. The van der Waals surface area contributed by atoms with E-state index in [1.54, 1.807) is 24.3 Å². The highest BCUT2D eigenvalue weighted by atomic mass is 35.5. The van der Waals surface area contributed by atoms with Gasteiger partial charge in [0.05, 0.1) is 0 Å². The van der Waals surface area contributed by atoms with Gasteiger partial charge in [-0.15, -0.1) is 0 Å². The van der Waals surface area contributed by atoms with E-state index in [4.69, 9.17) is 43.2 Å². The zero-order chi connectivity index (χ0) is 51.5. The quantitative estimate of drug-likeness (QED) is 0.169. The molecule has 4 rings (SSSR count). The SMILES string of the molecule is CC(C)(C)[Si](C)(C)Oc1cc2c(c(O[Si](C)(C)C(C)(C)C)c1)C[C@@H](OC(=O)Nc1ccc(Cl)cc1)[C@@H](c1cc(O[Si](C)(C)C(C)(C)C)c(O[Si](C)(C)C(C)(C)C)c(O[Si](C)(C)C(C)(C)C)c1)O2.